The summed E-state index contributed by atoms with van der Waals surface area (Å²) in [5.41, 5.74) is 5.60. The van der Waals surface area contributed by atoms with E-state index in [4.69, 9.17) is 5.73 Å². The first-order valence-electron chi connectivity index (χ1n) is 3.28. The molecule has 13 heavy (non-hydrogen) atoms. The van der Waals surface area contributed by atoms with E-state index in [0.717, 1.165) is 0 Å². The fraction of sp³-hybridized carbons (Fsp3) is 0. The zero-order valence-electron chi connectivity index (χ0n) is 6.30. The van der Waals surface area contributed by atoms with Gasteiger partial charge in [0, 0.05) is 12.4 Å². The average Bonchev–Trinajstić information content (AvgIpc) is 2.02. The summed E-state index contributed by atoms with van der Waals surface area (Å²) in [6, 6.07) is 0. The molecule has 0 unspecified atom stereocenters. The quantitative estimate of drug-likeness (QED) is 0.548. The molecule has 0 radical (unpaired) electrons. The van der Waals surface area contributed by atoms with Crippen molar-refractivity contribution in [1.82, 2.24) is 9.97 Å². The van der Waals surface area contributed by atoms with Gasteiger partial charge in [-0.2, -0.15) is 8.42 Å². The maximum atomic E-state index is 11.0. The molecule has 0 fully saturated rings. The van der Waals surface area contributed by atoms with E-state index in [1.807, 2.05) is 0 Å². The number of rotatable bonds is 0. The summed E-state index contributed by atoms with van der Waals surface area (Å²) in [4.78, 5) is 7.57. The Kier molecular flexibility index (Phi) is 1.46. The standard InChI is InChI=1S/C5H5N5O2S/c6-4-3-5(8-2-1-7-3)10-13(11,12)9-4/h1-2H,(H2,6,9)(H,8,10). The minimum atomic E-state index is -3.73. The van der Waals surface area contributed by atoms with E-state index in [9.17, 15) is 8.42 Å². The van der Waals surface area contributed by atoms with Crippen molar-refractivity contribution in [2.24, 2.45) is 10.1 Å². The first-order chi connectivity index (χ1) is 6.08. The van der Waals surface area contributed by atoms with Gasteiger partial charge in [0.1, 0.15) is 5.69 Å². The molecule has 1 aromatic heterocycles. The third kappa shape index (κ3) is 1.31. The fourth-order valence-electron chi connectivity index (χ4n) is 0.918. The lowest BCUT2D eigenvalue weighted by atomic mass is 10.4. The summed E-state index contributed by atoms with van der Waals surface area (Å²) >= 11 is 0. The van der Waals surface area contributed by atoms with Crippen LogP contribution in [-0.2, 0) is 10.2 Å². The number of hydrogen-bond donors (Lipinski definition) is 2. The molecular weight excluding hydrogens is 194 g/mol. The van der Waals surface area contributed by atoms with Crippen molar-refractivity contribution in [2.45, 2.75) is 0 Å². The molecule has 3 N–H and O–H groups in total. The highest BCUT2D eigenvalue weighted by Crippen LogP contribution is 2.15. The first-order valence-corrected chi connectivity index (χ1v) is 4.72. The molecule has 2 heterocycles. The van der Waals surface area contributed by atoms with Gasteiger partial charge in [0.15, 0.2) is 11.7 Å². The summed E-state index contributed by atoms with van der Waals surface area (Å²) < 4.78 is 27.3. The molecule has 0 saturated carbocycles. The third-order valence-electron chi connectivity index (χ3n) is 1.39. The van der Waals surface area contributed by atoms with Crippen LogP contribution in [-0.4, -0.2) is 24.2 Å². The van der Waals surface area contributed by atoms with Crippen LogP contribution in [0.1, 0.15) is 5.69 Å². The molecule has 0 saturated heterocycles. The van der Waals surface area contributed by atoms with E-state index in [0.29, 0.717) is 0 Å². The van der Waals surface area contributed by atoms with Crippen molar-refractivity contribution < 1.29 is 8.42 Å². The minimum Gasteiger partial charge on any atom is -0.381 e. The first kappa shape index (κ1) is 7.92. The lowest BCUT2D eigenvalue weighted by Crippen LogP contribution is -2.28. The Labute approximate surface area is 73.9 Å². The highest BCUT2D eigenvalue weighted by Gasteiger charge is 2.22. The lowest BCUT2D eigenvalue weighted by Gasteiger charge is -2.12. The molecule has 1 aliphatic rings. The van der Waals surface area contributed by atoms with Crippen LogP contribution in [0.4, 0.5) is 5.82 Å². The Morgan fingerprint density at radius 1 is 1.31 bits per heavy atom. The van der Waals surface area contributed by atoms with Gasteiger partial charge in [-0.3, -0.25) is 0 Å². The maximum absolute atomic E-state index is 11.0. The van der Waals surface area contributed by atoms with Gasteiger partial charge in [-0.15, -0.1) is 4.40 Å². The number of nitrogens with two attached hydrogens (primary N) is 1. The van der Waals surface area contributed by atoms with Gasteiger partial charge in [0.05, 0.1) is 0 Å². The monoisotopic (exact) mass is 199 g/mol. The van der Waals surface area contributed by atoms with Crippen molar-refractivity contribution in [1.29, 1.82) is 0 Å². The molecular formula is C5H5N5O2S. The van der Waals surface area contributed by atoms with Crippen LogP contribution < -0.4 is 10.5 Å². The van der Waals surface area contributed by atoms with Crippen molar-refractivity contribution in [2.75, 3.05) is 4.72 Å². The zero-order chi connectivity index (χ0) is 9.47. The summed E-state index contributed by atoms with van der Waals surface area (Å²) in [6.07, 6.45) is 2.76. The highest BCUT2D eigenvalue weighted by atomic mass is 32.2. The molecule has 0 amide bonds. The number of hydrogen-bond acceptors (Lipinski definition) is 5. The molecule has 68 valence electrons. The maximum Gasteiger partial charge on any atom is 0.345 e. The van der Waals surface area contributed by atoms with E-state index in [1.54, 1.807) is 0 Å². The molecule has 2 rings (SSSR count). The minimum absolute atomic E-state index is 0.106. The van der Waals surface area contributed by atoms with Crippen LogP contribution in [0.5, 0.6) is 0 Å². The summed E-state index contributed by atoms with van der Waals surface area (Å²) in [5, 5.41) is 0. The van der Waals surface area contributed by atoms with Crippen LogP contribution in [0, 0.1) is 0 Å². The smallest absolute Gasteiger partial charge is 0.345 e. The number of fused-ring (bicyclic) bond motifs is 1. The van der Waals surface area contributed by atoms with E-state index < -0.39 is 10.2 Å². The second-order valence-electron chi connectivity index (χ2n) is 2.31. The van der Waals surface area contributed by atoms with Crippen LogP contribution in [0.3, 0.4) is 0 Å². The number of nitrogens with zero attached hydrogens (tertiary/aromatic N) is 3. The second-order valence-corrected chi connectivity index (χ2v) is 3.64. The predicted molar refractivity (Wildman–Crippen MR) is 45.3 cm³/mol. The Morgan fingerprint density at radius 3 is 2.77 bits per heavy atom. The Balaban J connectivity index is 2.68. The Hall–Kier alpha value is -1.70. The van der Waals surface area contributed by atoms with E-state index >= 15 is 0 Å². The lowest BCUT2D eigenvalue weighted by molar-refractivity contribution is 0.602. The van der Waals surface area contributed by atoms with Crippen LogP contribution in [0.2, 0.25) is 0 Å². The Bertz CT molecular complexity index is 479. The fourth-order valence-corrected chi connectivity index (χ4v) is 1.70. The molecule has 7 nitrogen and oxygen atoms in total. The predicted octanol–water partition coefficient (Wildman–Crippen LogP) is -1.15. The Morgan fingerprint density at radius 2 is 2.00 bits per heavy atom. The highest BCUT2D eigenvalue weighted by molar-refractivity contribution is 7.91. The molecule has 1 aromatic rings. The van der Waals surface area contributed by atoms with Gasteiger partial charge < -0.3 is 5.73 Å². The number of anilines is 1. The average molecular weight is 199 g/mol. The molecule has 0 bridgehead atoms. The summed E-state index contributed by atoms with van der Waals surface area (Å²) in [6.45, 7) is 0. The third-order valence-corrected chi connectivity index (χ3v) is 2.27. The topological polar surface area (TPSA) is 110 Å². The van der Waals surface area contributed by atoms with Gasteiger partial charge >= 0.3 is 10.2 Å². The van der Waals surface area contributed by atoms with Crippen LogP contribution >= 0.6 is 0 Å². The van der Waals surface area contributed by atoms with Crippen molar-refractivity contribution in [3.05, 3.63) is 18.1 Å². The molecule has 0 aliphatic carbocycles. The van der Waals surface area contributed by atoms with Gasteiger partial charge in [-0.05, 0) is 0 Å². The molecule has 0 spiro atoms. The molecule has 0 atom stereocenters. The van der Waals surface area contributed by atoms with Gasteiger partial charge in [0.25, 0.3) is 0 Å². The van der Waals surface area contributed by atoms with E-state index in [1.165, 1.54) is 12.4 Å². The normalized spacial score (nSPS) is 18.3. The van der Waals surface area contributed by atoms with Crippen molar-refractivity contribution in [3.8, 4) is 0 Å². The second kappa shape index (κ2) is 2.39. The number of aromatic nitrogens is 2. The van der Waals surface area contributed by atoms with Crippen LogP contribution in [0.15, 0.2) is 16.8 Å². The van der Waals surface area contributed by atoms with Crippen LogP contribution in [0.25, 0.3) is 0 Å². The van der Waals surface area contributed by atoms with Gasteiger partial charge in [0.2, 0.25) is 0 Å². The zero-order valence-corrected chi connectivity index (χ0v) is 7.11. The summed E-state index contributed by atoms with van der Waals surface area (Å²) in [5.74, 6) is -0.0446. The molecule has 8 heteroatoms. The molecule has 0 aromatic carbocycles. The van der Waals surface area contributed by atoms with Gasteiger partial charge in [-0.25, -0.2) is 14.7 Å². The van der Waals surface area contributed by atoms with Crippen molar-refractivity contribution >= 4 is 21.9 Å². The largest absolute Gasteiger partial charge is 0.381 e. The number of amidine groups is 1. The number of nitrogens with one attached hydrogen (secondary N) is 1. The van der Waals surface area contributed by atoms with Gasteiger partial charge in [-0.1, -0.05) is 0 Å². The summed E-state index contributed by atoms with van der Waals surface area (Å²) in [7, 11) is -3.73. The van der Waals surface area contributed by atoms with E-state index in [2.05, 4.69) is 19.1 Å². The van der Waals surface area contributed by atoms with Crippen molar-refractivity contribution in [3.63, 3.8) is 0 Å². The molecule has 1 aliphatic heterocycles. The SMILES string of the molecule is NC1=NS(=O)(=O)Nc2nccnc21. The van der Waals surface area contributed by atoms with E-state index in [-0.39, 0.29) is 17.3 Å².